The predicted molar refractivity (Wildman–Crippen MR) is 91.9 cm³/mol. The van der Waals surface area contributed by atoms with E-state index in [1.54, 1.807) is 0 Å². The van der Waals surface area contributed by atoms with E-state index in [9.17, 15) is 9.90 Å². The van der Waals surface area contributed by atoms with Gasteiger partial charge < -0.3 is 15.3 Å². The van der Waals surface area contributed by atoms with Crippen molar-refractivity contribution in [2.24, 2.45) is 5.92 Å². The summed E-state index contributed by atoms with van der Waals surface area (Å²) in [6.45, 7) is 1.99. The molecule has 0 radical (unpaired) electrons. The molecule has 2 aromatic rings. The van der Waals surface area contributed by atoms with Crippen molar-refractivity contribution in [3.05, 3.63) is 48.3 Å². The summed E-state index contributed by atoms with van der Waals surface area (Å²) in [7, 11) is 1.98. The van der Waals surface area contributed by atoms with Crippen LogP contribution in [-0.4, -0.2) is 58.5 Å². The van der Waals surface area contributed by atoms with Crippen molar-refractivity contribution in [1.82, 2.24) is 20.0 Å². The molecular weight excluding hydrogens is 304 g/mol. The number of aliphatic hydroxyl groups is 1. The summed E-state index contributed by atoms with van der Waals surface area (Å²) in [6.07, 6.45) is 4.63. The smallest absolute Gasteiger partial charge is 0.227 e. The number of para-hydroxylation sites is 1. The average Bonchev–Trinajstić information content (AvgIpc) is 3.06. The normalized spacial score (nSPS) is 21.6. The van der Waals surface area contributed by atoms with Crippen LogP contribution in [0.5, 0.6) is 0 Å². The molecule has 6 heteroatoms. The third-order valence-electron chi connectivity index (χ3n) is 4.49. The Kier molecular flexibility index (Phi) is 5.27. The zero-order chi connectivity index (χ0) is 16.9. The van der Waals surface area contributed by atoms with Gasteiger partial charge in [-0.1, -0.05) is 18.2 Å². The number of nitrogens with zero attached hydrogens (tertiary/aromatic N) is 3. The zero-order valence-corrected chi connectivity index (χ0v) is 13.9. The molecule has 6 nitrogen and oxygen atoms in total. The Bertz CT molecular complexity index is 671. The highest BCUT2D eigenvalue weighted by Crippen LogP contribution is 2.16. The number of aliphatic hydroxyl groups excluding tert-OH is 1. The van der Waals surface area contributed by atoms with Crippen LogP contribution in [0, 0.1) is 5.92 Å². The summed E-state index contributed by atoms with van der Waals surface area (Å²) in [5.74, 6) is -0.403. The Labute approximate surface area is 142 Å². The van der Waals surface area contributed by atoms with Gasteiger partial charge in [0.1, 0.15) is 0 Å². The standard InChI is InChI=1S/C18H24N4O2/c1-21-10-8-17(23)16(13-21)18(24)19-9-7-14-11-20-22(12-14)15-5-3-2-4-6-15/h2-6,11-12,16-17,23H,7-10,13H2,1H3,(H,19,24)/t16-,17-/m1/s1. The predicted octanol–water partition coefficient (Wildman–Crippen LogP) is 0.844. The lowest BCUT2D eigenvalue weighted by Gasteiger charge is -2.32. The minimum Gasteiger partial charge on any atom is -0.392 e. The molecule has 2 heterocycles. The number of carbonyl (C=O) groups excluding carboxylic acids is 1. The molecule has 0 aliphatic carbocycles. The Morgan fingerprint density at radius 1 is 1.38 bits per heavy atom. The van der Waals surface area contributed by atoms with Crippen molar-refractivity contribution in [1.29, 1.82) is 0 Å². The van der Waals surface area contributed by atoms with Crippen LogP contribution in [0.1, 0.15) is 12.0 Å². The van der Waals surface area contributed by atoms with E-state index in [0.29, 0.717) is 19.5 Å². The molecule has 3 rings (SSSR count). The van der Waals surface area contributed by atoms with Crippen LogP contribution in [0.2, 0.25) is 0 Å². The number of hydrogen-bond acceptors (Lipinski definition) is 4. The van der Waals surface area contributed by atoms with Gasteiger partial charge in [-0.05, 0) is 37.6 Å². The summed E-state index contributed by atoms with van der Waals surface area (Å²) >= 11 is 0. The monoisotopic (exact) mass is 328 g/mol. The van der Waals surface area contributed by atoms with Crippen LogP contribution in [0.4, 0.5) is 0 Å². The minimum atomic E-state index is -0.540. The molecule has 1 aromatic heterocycles. The molecule has 2 atom stereocenters. The van der Waals surface area contributed by atoms with Gasteiger partial charge in [0.15, 0.2) is 0 Å². The fourth-order valence-electron chi connectivity index (χ4n) is 3.03. The Morgan fingerprint density at radius 3 is 2.96 bits per heavy atom. The topological polar surface area (TPSA) is 70.4 Å². The number of amides is 1. The molecule has 0 bridgehead atoms. The van der Waals surface area contributed by atoms with Gasteiger partial charge >= 0.3 is 0 Å². The molecule has 24 heavy (non-hydrogen) atoms. The molecule has 2 N–H and O–H groups in total. The number of benzene rings is 1. The van der Waals surface area contributed by atoms with Gasteiger partial charge in [0.05, 0.1) is 23.9 Å². The number of nitrogens with one attached hydrogen (secondary N) is 1. The second-order valence-corrected chi connectivity index (χ2v) is 6.39. The van der Waals surface area contributed by atoms with Crippen molar-refractivity contribution in [3.8, 4) is 5.69 Å². The number of carbonyl (C=O) groups is 1. The van der Waals surface area contributed by atoms with Gasteiger partial charge in [-0.3, -0.25) is 4.79 Å². The van der Waals surface area contributed by atoms with Crippen molar-refractivity contribution < 1.29 is 9.90 Å². The summed E-state index contributed by atoms with van der Waals surface area (Å²) < 4.78 is 1.83. The fraction of sp³-hybridized carbons (Fsp3) is 0.444. The molecule has 1 saturated heterocycles. The second kappa shape index (κ2) is 7.59. The van der Waals surface area contributed by atoms with Crippen LogP contribution in [-0.2, 0) is 11.2 Å². The summed E-state index contributed by atoms with van der Waals surface area (Å²) in [5, 5.41) is 17.3. The van der Waals surface area contributed by atoms with E-state index >= 15 is 0 Å². The van der Waals surface area contributed by atoms with E-state index in [1.807, 2.05) is 54.5 Å². The van der Waals surface area contributed by atoms with Crippen LogP contribution < -0.4 is 5.32 Å². The first-order chi connectivity index (χ1) is 11.6. The first-order valence-corrected chi connectivity index (χ1v) is 8.37. The number of likely N-dealkylation sites (tertiary alicyclic amines) is 1. The molecule has 0 spiro atoms. The van der Waals surface area contributed by atoms with E-state index in [4.69, 9.17) is 0 Å². The molecule has 1 fully saturated rings. The third-order valence-corrected chi connectivity index (χ3v) is 4.49. The highest BCUT2D eigenvalue weighted by atomic mass is 16.3. The summed E-state index contributed by atoms with van der Waals surface area (Å²) in [5.41, 5.74) is 2.08. The van der Waals surface area contributed by atoms with E-state index in [-0.39, 0.29) is 11.8 Å². The average molecular weight is 328 g/mol. The van der Waals surface area contributed by atoms with Crippen molar-refractivity contribution >= 4 is 5.91 Å². The van der Waals surface area contributed by atoms with Crippen LogP contribution >= 0.6 is 0 Å². The maximum Gasteiger partial charge on any atom is 0.227 e. The molecule has 0 unspecified atom stereocenters. The molecule has 1 aliphatic rings. The van der Waals surface area contributed by atoms with Crippen molar-refractivity contribution in [2.45, 2.75) is 18.9 Å². The highest BCUT2D eigenvalue weighted by molar-refractivity contribution is 5.79. The number of piperidine rings is 1. The SMILES string of the molecule is CN1CC[C@@H](O)[C@H](C(=O)NCCc2cnn(-c3ccccc3)c2)C1. The molecule has 1 aliphatic heterocycles. The van der Waals surface area contributed by atoms with Gasteiger partial charge in [-0.2, -0.15) is 5.10 Å². The number of hydrogen-bond donors (Lipinski definition) is 2. The summed E-state index contributed by atoms with van der Waals surface area (Å²) in [4.78, 5) is 14.3. The Hall–Kier alpha value is -2.18. The second-order valence-electron chi connectivity index (χ2n) is 6.39. The lowest BCUT2D eigenvalue weighted by atomic mass is 9.94. The maximum atomic E-state index is 12.3. The number of rotatable bonds is 5. The Morgan fingerprint density at radius 2 is 2.17 bits per heavy atom. The van der Waals surface area contributed by atoms with Gasteiger partial charge in [0, 0.05) is 25.8 Å². The molecule has 0 saturated carbocycles. The van der Waals surface area contributed by atoms with Crippen LogP contribution in [0.3, 0.4) is 0 Å². The fourth-order valence-corrected chi connectivity index (χ4v) is 3.03. The zero-order valence-electron chi connectivity index (χ0n) is 13.9. The van der Waals surface area contributed by atoms with Gasteiger partial charge in [0.2, 0.25) is 5.91 Å². The van der Waals surface area contributed by atoms with Gasteiger partial charge in [0.25, 0.3) is 0 Å². The summed E-state index contributed by atoms with van der Waals surface area (Å²) in [6, 6.07) is 9.92. The van der Waals surface area contributed by atoms with Crippen LogP contribution in [0.25, 0.3) is 5.69 Å². The van der Waals surface area contributed by atoms with E-state index in [1.165, 1.54) is 0 Å². The maximum absolute atomic E-state index is 12.3. The van der Waals surface area contributed by atoms with E-state index in [2.05, 4.69) is 15.3 Å². The highest BCUT2D eigenvalue weighted by Gasteiger charge is 2.31. The molecular formula is C18H24N4O2. The lowest BCUT2D eigenvalue weighted by Crippen LogP contribution is -2.49. The Balaban J connectivity index is 1.50. The molecule has 1 aromatic carbocycles. The van der Waals surface area contributed by atoms with E-state index in [0.717, 1.165) is 24.2 Å². The first kappa shape index (κ1) is 16.7. The molecule has 1 amide bonds. The molecule has 128 valence electrons. The number of aromatic nitrogens is 2. The van der Waals surface area contributed by atoms with Crippen molar-refractivity contribution in [3.63, 3.8) is 0 Å². The third kappa shape index (κ3) is 4.01. The lowest BCUT2D eigenvalue weighted by molar-refractivity contribution is -0.131. The van der Waals surface area contributed by atoms with E-state index < -0.39 is 6.10 Å². The van der Waals surface area contributed by atoms with Crippen LogP contribution in [0.15, 0.2) is 42.7 Å². The quantitative estimate of drug-likeness (QED) is 0.853. The van der Waals surface area contributed by atoms with Gasteiger partial charge in [-0.15, -0.1) is 0 Å². The van der Waals surface area contributed by atoms with Gasteiger partial charge in [-0.25, -0.2) is 4.68 Å². The minimum absolute atomic E-state index is 0.0653. The van der Waals surface area contributed by atoms with Crippen molar-refractivity contribution in [2.75, 3.05) is 26.7 Å². The first-order valence-electron chi connectivity index (χ1n) is 8.37. The largest absolute Gasteiger partial charge is 0.392 e.